The van der Waals surface area contributed by atoms with E-state index in [1.54, 1.807) is 24.3 Å². The lowest BCUT2D eigenvalue weighted by Gasteiger charge is -2.19. The predicted molar refractivity (Wildman–Crippen MR) is 67.4 cm³/mol. The molecule has 0 bridgehead atoms. The highest BCUT2D eigenvalue weighted by molar-refractivity contribution is 6.30. The molecule has 1 aromatic carbocycles. The van der Waals surface area contributed by atoms with Gasteiger partial charge in [0.25, 0.3) is 5.91 Å². The van der Waals surface area contributed by atoms with E-state index in [9.17, 15) is 4.79 Å². The molecule has 92 valence electrons. The van der Waals surface area contributed by atoms with Gasteiger partial charge in [0.05, 0.1) is 12.1 Å². The average Bonchev–Trinajstić information content (AvgIpc) is 2.83. The number of carbonyl (C=O) groups excluding carboxylic acids is 1. The molecule has 0 aromatic heterocycles. The summed E-state index contributed by atoms with van der Waals surface area (Å²) in [5, 5.41) is 3.58. The van der Waals surface area contributed by atoms with Crippen molar-refractivity contribution in [2.24, 2.45) is 0 Å². The second kappa shape index (κ2) is 5.52. The fourth-order valence-electron chi connectivity index (χ4n) is 1.98. The number of benzene rings is 1. The fourth-order valence-corrected chi connectivity index (χ4v) is 2.11. The summed E-state index contributed by atoms with van der Waals surface area (Å²) in [4.78, 5) is 11.9. The standard InChI is InChI=1S/C13H16ClNO2/c1-9(12-3-2-8-17-12)15-13(16)10-4-6-11(14)7-5-10/h4-7,9,12H,2-3,8H2,1H3,(H,15,16)/t9-,12+/m0/s1. The summed E-state index contributed by atoms with van der Waals surface area (Å²) in [5.74, 6) is -0.0790. The van der Waals surface area contributed by atoms with Crippen LogP contribution < -0.4 is 5.32 Å². The van der Waals surface area contributed by atoms with Crippen LogP contribution in [-0.4, -0.2) is 24.7 Å². The van der Waals surface area contributed by atoms with E-state index >= 15 is 0 Å². The van der Waals surface area contributed by atoms with Gasteiger partial charge < -0.3 is 10.1 Å². The lowest BCUT2D eigenvalue weighted by molar-refractivity contribution is 0.0712. The highest BCUT2D eigenvalue weighted by Gasteiger charge is 2.23. The Morgan fingerprint density at radius 2 is 2.18 bits per heavy atom. The Labute approximate surface area is 106 Å². The third-order valence-electron chi connectivity index (χ3n) is 2.99. The number of ether oxygens (including phenoxy) is 1. The van der Waals surface area contributed by atoms with Crippen LogP contribution in [0.25, 0.3) is 0 Å². The summed E-state index contributed by atoms with van der Waals surface area (Å²) in [5.41, 5.74) is 0.624. The van der Waals surface area contributed by atoms with Gasteiger partial charge in [0.2, 0.25) is 0 Å². The summed E-state index contributed by atoms with van der Waals surface area (Å²) in [6.45, 7) is 2.77. The van der Waals surface area contributed by atoms with Crippen LogP contribution in [0.3, 0.4) is 0 Å². The van der Waals surface area contributed by atoms with Crippen molar-refractivity contribution >= 4 is 17.5 Å². The number of nitrogens with one attached hydrogen (secondary N) is 1. The zero-order valence-electron chi connectivity index (χ0n) is 9.78. The molecule has 1 N–H and O–H groups in total. The highest BCUT2D eigenvalue weighted by atomic mass is 35.5. The van der Waals surface area contributed by atoms with E-state index in [1.807, 2.05) is 6.92 Å². The van der Waals surface area contributed by atoms with Crippen LogP contribution in [0.2, 0.25) is 5.02 Å². The lowest BCUT2D eigenvalue weighted by atomic mass is 10.1. The van der Waals surface area contributed by atoms with Crippen molar-refractivity contribution in [3.05, 3.63) is 34.9 Å². The van der Waals surface area contributed by atoms with E-state index < -0.39 is 0 Å². The molecular formula is C13H16ClNO2. The SMILES string of the molecule is C[C@H](NC(=O)c1ccc(Cl)cc1)[C@H]1CCCO1. The van der Waals surface area contributed by atoms with Crippen LogP contribution in [0, 0.1) is 0 Å². The zero-order chi connectivity index (χ0) is 12.3. The monoisotopic (exact) mass is 253 g/mol. The average molecular weight is 254 g/mol. The molecule has 1 fully saturated rings. The first kappa shape index (κ1) is 12.4. The van der Waals surface area contributed by atoms with E-state index in [-0.39, 0.29) is 18.1 Å². The Hall–Kier alpha value is -1.06. The van der Waals surface area contributed by atoms with Crippen LogP contribution in [-0.2, 0) is 4.74 Å². The van der Waals surface area contributed by atoms with Crippen molar-refractivity contribution < 1.29 is 9.53 Å². The molecule has 2 rings (SSSR count). The van der Waals surface area contributed by atoms with E-state index in [1.165, 1.54) is 0 Å². The molecule has 0 aliphatic carbocycles. The van der Waals surface area contributed by atoms with Crippen molar-refractivity contribution in [1.82, 2.24) is 5.32 Å². The molecule has 1 saturated heterocycles. The summed E-state index contributed by atoms with van der Waals surface area (Å²) in [6, 6.07) is 6.92. The molecular weight excluding hydrogens is 238 g/mol. The van der Waals surface area contributed by atoms with Gasteiger partial charge in [0, 0.05) is 17.2 Å². The molecule has 17 heavy (non-hydrogen) atoms. The van der Waals surface area contributed by atoms with Crippen LogP contribution in [0.4, 0.5) is 0 Å². The van der Waals surface area contributed by atoms with Gasteiger partial charge in [-0.05, 0) is 44.0 Å². The normalized spacial score (nSPS) is 21.2. The molecule has 1 heterocycles. The number of rotatable bonds is 3. The first-order valence-electron chi connectivity index (χ1n) is 5.85. The van der Waals surface area contributed by atoms with Gasteiger partial charge >= 0.3 is 0 Å². The van der Waals surface area contributed by atoms with Gasteiger partial charge in [-0.1, -0.05) is 11.6 Å². The van der Waals surface area contributed by atoms with Crippen molar-refractivity contribution in [2.45, 2.75) is 31.9 Å². The molecule has 3 nitrogen and oxygen atoms in total. The first-order valence-corrected chi connectivity index (χ1v) is 6.22. The minimum atomic E-state index is -0.0790. The number of amides is 1. The van der Waals surface area contributed by atoms with Crippen LogP contribution >= 0.6 is 11.6 Å². The highest BCUT2D eigenvalue weighted by Crippen LogP contribution is 2.16. The number of carbonyl (C=O) groups is 1. The molecule has 0 radical (unpaired) electrons. The molecule has 0 spiro atoms. The quantitative estimate of drug-likeness (QED) is 0.899. The number of halogens is 1. The Morgan fingerprint density at radius 3 is 2.76 bits per heavy atom. The smallest absolute Gasteiger partial charge is 0.251 e. The van der Waals surface area contributed by atoms with Crippen LogP contribution in [0.15, 0.2) is 24.3 Å². The van der Waals surface area contributed by atoms with Gasteiger partial charge in [-0.3, -0.25) is 4.79 Å². The van der Waals surface area contributed by atoms with E-state index in [4.69, 9.17) is 16.3 Å². The summed E-state index contributed by atoms with van der Waals surface area (Å²) in [6.07, 6.45) is 2.24. The summed E-state index contributed by atoms with van der Waals surface area (Å²) >= 11 is 5.77. The molecule has 2 atom stereocenters. The zero-order valence-corrected chi connectivity index (χ0v) is 10.5. The summed E-state index contributed by atoms with van der Waals surface area (Å²) in [7, 11) is 0. The molecule has 1 amide bonds. The Morgan fingerprint density at radius 1 is 1.47 bits per heavy atom. The third-order valence-corrected chi connectivity index (χ3v) is 3.24. The van der Waals surface area contributed by atoms with Crippen molar-refractivity contribution in [3.8, 4) is 0 Å². The van der Waals surface area contributed by atoms with Crippen LogP contribution in [0.1, 0.15) is 30.1 Å². The van der Waals surface area contributed by atoms with Gasteiger partial charge in [-0.15, -0.1) is 0 Å². The second-order valence-electron chi connectivity index (χ2n) is 4.32. The Kier molecular flexibility index (Phi) is 4.02. The molecule has 0 saturated carbocycles. The van der Waals surface area contributed by atoms with Crippen molar-refractivity contribution in [2.75, 3.05) is 6.61 Å². The number of hydrogen-bond acceptors (Lipinski definition) is 2. The van der Waals surface area contributed by atoms with Gasteiger partial charge in [0.15, 0.2) is 0 Å². The molecule has 4 heteroatoms. The molecule has 0 unspecified atom stereocenters. The predicted octanol–water partition coefficient (Wildman–Crippen LogP) is 2.64. The van der Waals surface area contributed by atoms with Crippen LogP contribution in [0.5, 0.6) is 0 Å². The largest absolute Gasteiger partial charge is 0.376 e. The second-order valence-corrected chi connectivity index (χ2v) is 4.76. The molecule has 1 aliphatic rings. The maximum Gasteiger partial charge on any atom is 0.251 e. The minimum Gasteiger partial charge on any atom is -0.376 e. The first-order chi connectivity index (χ1) is 8.16. The molecule has 1 aromatic rings. The molecule has 1 aliphatic heterocycles. The van der Waals surface area contributed by atoms with Gasteiger partial charge in [-0.2, -0.15) is 0 Å². The van der Waals surface area contributed by atoms with Gasteiger partial charge in [0.1, 0.15) is 0 Å². The number of hydrogen-bond donors (Lipinski definition) is 1. The van der Waals surface area contributed by atoms with E-state index in [2.05, 4.69) is 5.32 Å². The maximum atomic E-state index is 11.9. The summed E-state index contributed by atoms with van der Waals surface area (Å²) < 4.78 is 5.53. The fraction of sp³-hybridized carbons (Fsp3) is 0.462. The topological polar surface area (TPSA) is 38.3 Å². The third kappa shape index (κ3) is 3.20. The van der Waals surface area contributed by atoms with Crippen molar-refractivity contribution in [3.63, 3.8) is 0 Å². The lowest BCUT2D eigenvalue weighted by Crippen LogP contribution is -2.40. The Bertz CT molecular complexity index is 385. The Balaban J connectivity index is 1.94. The van der Waals surface area contributed by atoms with E-state index in [0.29, 0.717) is 10.6 Å². The maximum absolute atomic E-state index is 11.9. The van der Waals surface area contributed by atoms with E-state index in [0.717, 1.165) is 19.4 Å². The minimum absolute atomic E-state index is 0.0423. The van der Waals surface area contributed by atoms with Crippen molar-refractivity contribution in [1.29, 1.82) is 0 Å². The van der Waals surface area contributed by atoms with Gasteiger partial charge in [-0.25, -0.2) is 0 Å².